The van der Waals surface area contributed by atoms with Crippen LogP contribution < -0.4 is 0 Å². The Morgan fingerprint density at radius 1 is 1.38 bits per heavy atom. The third-order valence-electron chi connectivity index (χ3n) is 4.08. The van der Waals surface area contributed by atoms with Crippen molar-refractivity contribution in [2.75, 3.05) is 13.2 Å². The Labute approximate surface area is 169 Å². The summed E-state index contributed by atoms with van der Waals surface area (Å²) in [6.07, 6.45) is 3.77. The number of amides is 1. The van der Waals surface area contributed by atoms with Crippen molar-refractivity contribution in [3.05, 3.63) is 40.0 Å². The summed E-state index contributed by atoms with van der Waals surface area (Å²) < 4.78 is 10.5. The first-order valence-corrected chi connectivity index (χ1v) is 10.4. The van der Waals surface area contributed by atoms with E-state index in [2.05, 4.69) is 9.36 Å². The molecule has 2 aliphatic heterocycles. The van der Waals surface area contributed by atoms with Crippen LogP contribution in [0.1, 0.15) is 18.7 Å². The smallest absolute Gasteiger partial charge is 0.266 e. The fourth-order valence-electron chi connectivity index (χ4n) is 2.77. The molecule has 1 atom stereocenters. The first kappa shape index (κ1) is 18.1. The van der Waals surface area contributed by atoms with E-state index in [1.165, 1.54) is 23.3 Å². The molecule has 5 nitrogen and oxygen atoms in total. The standard InChI is InChI=1S/C17H14ClN3O2S3/c18-11-5-3-10(4-6-11)15-19-14(20-26-15)8-13-16(22)21(17(24)25-13)9-12-2-1-7-23-12/h3-6,8,12H,1-2,7,9H2/b13-8+. The van der Waals surface area contributed by atoms with E-state index < -0.39 is 0 Å². The molecule has 0 radical (unpaired) electrons. The van der Waals surface area contributed by atoms with Gasteiger partial charge in [0, 0.05) is 23.3 Å². The van der Waals surface area contributed by atoms with Gasteiger partial charge in [-0.15, -0.1) is 0 Å². The number of halogens is 1. The van der Waals surface area contributed by atoms with Crippen molar-refractivity contribution < 1.29 is 9.53 Å². The van der Waals surface area contributed by atoms with E-state index in [1.54, 1.807) is 11.0 Å². The van der Waals surface area contributed by atoms with Gasteiger partial charge in [0.2, 0.25) is 0 Å². The summed E-state index contributed by atoms with van der Waals surface area (Å²) in [5.74, 6) is 0.413. The Balaban J connectivity index is 1.50. The highest BCUT2D eigenvalue weighted by atomic mass is 35.5. The van der Waals surface area contributed by atoms with Gasteiger partial charge in [-0.1, -0.05) is 47.7 Å². The van der Waals surface area contributed by atoms with Crippen LogP contribution >= 0.6 is 47.1 Å². The second-order valence-electron chi connectivity index (χ2n) is 5.89. The number of rotatable bonds is 4. The van der Waals surface area contributed by atoms with Gasteiger partial charge in [0.1, 0.15) is 9.33 Å². The molecule has 4 rings (SSSR count). The van der Waals surface area contributed by atoms with Crippen molar-refractivity contribution in [1.29, 1.82) is 0 Å². The average molecular weight is 424 g/mol. The molecule has 1 unspecified atom stereocenters. The van der Waals surface area contributed by atoms with Crippen LogP contribution in [0.5, 0.6) is 0 Å². The number of hydrogen-bond acceptors (Lipinski definition) is 7. The third-order valence-corrected chi connectivity index (χ3v) is 6.48. The second-order valence-corrected chi connectivity index (χ2v) is 8.76. The van der Waals surface area contributed by atoms with Crippen molar-refractivity contribution in [2.45, 2.75) is 18.9 Å². The molecular formula is C17H14ClN3O2S3. The topological polar surface area (TPSA) is 55.3 Å². The first-order valence-electron chi connectivity index (χ1n) is 8.07. The highest BCUT2D eigenvalue weighted by Crippen LogP contribution is 2.34. The number of aromatic nitrogens is 2. The van der Waals surface area contributed by atoms with Gasteiger partial charge in [0.25, 0.3) is 5.91 Å². The summed E-state index contributed by atoms with van der Waals surface area (Å²) in [5.41, 5.74) is 0.942. The van der Waals surface area contributed by atoms with Crippen molar-refractivity contribution in [1.82, 2.24) is 14.3 Å². The van der Waals surface area contributed by atoms with E-state index in [0.29, 0.717) is 26.6 Å². The highest BCUT2D eigenvalue weighted by molar-refractivity contribution is 8.26. The van der Waals surface area contributed by atoms with E-state index in [-0.39, 0.29) is 12.0 Å². The number of nitrogens with zero attached hydrogens (tertiary/aromatic N) is 3. The Morgan fingerprint density at radius 2 is 2.19 bits per heavy atom. The lowest BCUT2D eigenvalue weighted by molar-refractivity contribution is -0.123. The van der Waals surface area contributed by atoms with Crippen LogP contribution in [-0.2, 0) is 9.53 Å². The monoisotopic (exact) mass is 423 g/mol. The van der Waals surface area contributed by atoms with Crippen molar-refractivity contribution in [3.8, 4) is 10.6 Å². The predicted molar refractivity (Wildman–Crippen MR) is 109 cm³/mol. The Hall–Kier alpha value is -1.32. The molecule has 9 heteroatoms. The summed E-state index contributed by atoms with van der Waals surface area (Å²) in [6, 6.07) is 7.42. The largest absolute Gasteiger partial charge is 0.376 e. The highest BCUT2D eigenvalue weighted by Gasteiger charge is 2.34. The lowest BCUT2D eigenvalue weighted by Crippen LogP contribution is -2.35. The van der Waals surface area contributed by atoms with Gasteiger partial charge in [0.05, 0.1) is 17.6 Å². The van der Waals surface area contributed by atoms with Crippen LogP contribution in [0.3, 0.4) is 0 Å². The molecule has 2 fully saturated rings. The van der Waals surface area contributed by atoms with Crippen LogP contribution in [0.25, 0.3) is 16.6 Å². The Kier molecular flexibility index (Phi) is 5.37. The molecule has 3 heterocycles. The van der Waals surface area contributed by atoms with Gasteiger partial charge in [-0.05, 0) is 36.5 Å². The van der Waals surface area contributed by atoms with Crippen LogP contribution in [0, 0.1) is 0 Å². The molecule has 0 N–H and O–H groups in total. The summed E-state index contributed by atoms with van der Waals surface area (Å²) in [7, 11) is 0. The molecule has 0 spiro atoms. The lowest BCUT2D eigenvalue weighted by Gasteiger charge is -2.18. The van der Waals surface area contributed by atoms with Gasteiger partial charge in [-0.2, -0.15) is 4.37 Å². The number of carbonyl (C=O) groups excluding carboxylic acids is 1. The van der Waals surface area contributed by atoms with Gasteiger partial charge < -0.3 is 4.74 Å². The maximum atomic E-state index is 12.6. The summed E-state index contributed by atoms with van der Waals surface area (Å²) in [4.78, 5) is 19.3. The minimum atomic E-state index is -0.0988. The Morgan fingerprint density at radius 3 is 2.92 bits per heavy atom. The molecule has 134 valence electrons. The molecule has 1 amide bonds. The van der Waals surface area contributed by atoms with Crippen LogP contribution in [-0.4, -0.2) is 43.7 Å². The molecule has 26 heavy (non-hydrogen) atoms. The number of carbonyl (C=O) groups is 1. The Bertz CT molecular complexity index is 876. The molecule has 2 aliphatic rings. The van der Waals surface area contributed by atoms with E-state index in [4.69, 9.17) is 28.6 Å². The molecule has 0 saturated carbocycles. The fraction of sp³-hybridized carbons (Fsp3) is 0.294. The van der Waals surface area contributed by atoms with E-state index in [1.807, 2.05) is 24.3 Å². The van der Waals surface area contributed by atoms with Crippen LogP contribution in [0.15, 0.2) is 29.2 Å². The normalized spacial score (nSPS) is 22.0. The zero-order chi connectivity index (χ0) is 18.1. The van der Waals surface area contributed by atoms with Gasteiger partial charge in [-0.25, -0.2) is 4.98 Å². The third kappa shape index (κ3) is 3.84. The molecule has 1 aromatic heterocycles. The maximum Gasteiger partial charge on any atom is 0.266 e. The molecular weight excluding hydrogens is 410 g/mol. The van der Waals surface area contributed by atoms with Gasteiger partial charge in [-0.3, -0.25) is 9.69 Å². The van der Waals surface area contributed by atoms with Gasteiger partial charge >= 0.3 is 0 Å². The van der Waals surface area contributed by atoms with Crippen molar-refractivity contribution >= 4 is 63.4 Å². The number of thioether (sulfide) groups is 1. The van der Waals surface area contributed by atoms with E-state index >= 15 is 0 Å². The summed E-state index contributed by atoms with van der Waals surface area (Å²) >= 11 is 13.8. The SMILES string of the molecule is O=C1/C(=C\c2nsc(-c3ccc(Cl)cc3)n2)SC(=S)N1CC1CCCO1. The number of ether oxygens (including phenoxy) is 1. The molecule has 2 saturated heterocycles. The van der Waals surface area contributed by atoms with Crippen molar-refractivity contribution in [2.24, 2.45) is 0 Å². The quantitative estimate of drug-likeness (QED) is 0.541. The number of benzene rings is 1. The number of hydrogen-bond donors (Lipinski definition) is 0. The van der Waals surface area contributed by atoms with Crippen molar-refractivity contribution in [3.63, 3.8) is 0 Å². The molecule has 0 aliphatic carbocycles. The van der Waals surface area contributed by atoms with Crippen LogP contribution in [0.4, 0.5) is 0 Å². The maximum absolute atomic E-state index is 12.6. The summed E-state index contributed by atoms with van der Waals surface area (Å²) in [5, 5.41) is 1.45. The second kappa shape index (κ2) is 7.74. The molecule has 2 aromatic rings. The minimum Gasteiger partial charge on any atom is -0.376 e. The first-order chi connectivity index (χ1) is 12.6. The number of thiocarbonyl (C=S) groups is 1. The molecule has 1 aromatic carbocycles. The predicted octanol–water partition coefficient (Wildman–Crippen LogP) is 4.24. The average Bonchev–Trinajstić information content (AvgIpc) is 3.35. The minimum absolute atomic E-state index is 0.0748. The lowest BCUT2D eigenvalue weighted by atomic mass is 10.2. The van der Waals surface area contributed by atoms with E-state index in [0.717, 1.165) is 30.0 Å². The zero-order valence-corrected chi connectivity index (χ0v) is 16.8. The summed E-state index contributed by atoms with van der Waals surface area (Å²) in [6.45, 7) is 1.27. The molecule has 0 bridgehead atoms. The fourth-order valence-corrected chi connectivity index (χ4v) is 4.79. The van der Waals surface area contributed by atoms with Crippen LogP contribution in [0.2, 0.25) is 5.02 Å². The van der Waals surface area contributed by atoms with Gasteiger partial charge in [0.15, 0.2) is 5.82 Å². The zero-order valence-electron chi connectivity index (χ0n) is 13.6. The van der Waals surface area contributed by atoms with E-state index in [9.17, 15) is 4.79 Å².